The van der Waals surface area contributed by atoms with Crippen LogP contribution in [0.25, 0.3) is 10.8 Å². The van der Waals surface area contributed by atoms with Crippen LogP contribution < -0.4 is 5.32 Å². The van der Waals surface area contributed by atoms with Gasteiger partial charge in [0.25, 0.3) is 0 Å². The lowest BCUT2D eigenvalue weighted by Gasteiger charge is -2.08. The maximum atomic E-state index is 12.3. The molecule has 1 amide bonds. The Morgan fingerprint density at radius 2 is 1.93 bits per heavy atom. The minimum absolute atomic E-state index is 0.150. The lowest BCUT2D eigenvalue weighted by Crippen LogP contribution is -2.14. The number of carbonyl (C=O) groups excluding carboxylic acids is 1. The van der Waals surface area contributed by atoms with Crippen LogP contribution in [0.1, 0.15) is 11.4 Å². The van der Waals surface area contributed by atoms with Crippen LogP contribution in [0.3, 0.4) is 0 Å². The number of amides is 1. The molecule has 4 rings (SSSR count). The van der Waals surface area contributed by atoms with Gasteiger partial charge >= 0.3 is 0 Å². The zero-order chi connectivity index (χ0) is 21.1. The van der Waals surface area contributed by atoms with Crippen molar-refractivity contribution in [1.82, 2.24) is 14.8 Å². The maximum Gasteiger partial charge on any atom is 0.234 e. The van der Waals surface area contributed by atoms with Crippen molar-refractivity contribution in [2.45, 2.75) is 11.6 Å². The van der Waals surface area contributed by atoms with Crippen LogP contribution in [0.2, 0.25) is 5.02 Å². The van der Waals surface area contributed by atoms with E-state index in [1.807, 2.05) is 29.8 Å². The molecule has 3 aromatic carbocycles. The van der Waals surface area contributed by atoms with E-state index in [9.17, 15) is 4.79 Å². The van der Waals surface area contributed by atoms with Crippen molar-refractivity contribution in [3.63, 3.8) is 0 Å². The van der Waals surface area contributed by atoms with Gasteiger partial charge in [0.05, 0.1) is 16.5 Å². The van der Waals surface area contributed by atoms with Crippen LogP contribution in [0, 0.1) is 0 Å². The zero-order valence-corrected chi connectivity index (χ0v) is 19.3. The first kappa shape index (κ1) is 20.9. The Morgan fingerprint density at radius 3 is 2.77 bits per heavy atom. The van der Waals surface area contributed by atoms with E-state index in [4.69, 9.17) is 11.6 Å². The molecule has 1 aromatic heterocycles. The second kappa shape index (κ2) is 9.20. The van der Waals surface area contributed by atoms with Gasteiger partial charge in [-0.15, -0.1) is 10.2 Å². The number of anilines is 1. The molecule has 0 aliphatic carbocycles. The van der Waals surface area contributed by atoms with E-state index in [0.717, 1.165) is 10.3 Å². The van der Waals surface area contributed by atoms with Crippen molar-refractivity contribution in [2.75, 3.05) is 11.1 Å². The van der Waals surface area contributed by atoms with Gasteiger partial charge in [-0.3, -0.25) is 4.79 Å². The number of fused-ring (bicyclic) bond motifs is 1. The summed E-state index contributed by atoms with van der Waals surface area (Å²) in [5, 5.41) is 15.0. The van der Waals surface area contributed by atoms with E-state index in [2.05, 4.69) is 61.8 Å². The fourth-order valence-electron chi connectivity index (χ4n) is 3.15. The summed E-state index contributed by atoms with van der Waals surface area (Å²) < 4.78 is 2.80. The first-order valence-corrected chi connectivity index (χ1v) is 11.4. The third-order valence-corrected chi connectivity index (χ3v) is 6.52. The number of hydrogen-bond acceptors (Lipinski definition) is 4. The summed E-state index contributed by atoms with van der Waals surface area (Å²) in [7, 11) is 1.92. The molecule has 0 bridgehead atoms. The second-order valence-electron chi connectivity index (χ2n) is 6.73. The average molecular weight is 502 g/mol. The Labute approximate surface area is 192 Å². The smallest absolute Gasteiger partial charge is 0.234 e. The Balaban J connectivity index is 1.42. The SMILES string of the molecule is Cn1c(Cc2cccc3ccccc23)nnc1SCC(=O)Nc1ccc(Br)cc1Cl. The minimum Gasteiger partial charge on any atom is -0.324 e. The summed E-state index contributed by atoms with van der Waals surface area (Å²) in [5.74, 6) is 0.917. The molecule has 1 heterocycles. The van der Waals surface area contributed by atoms with Gasteiger partial charge in [-0.05, 0) is 34.5 Å². The Morgan fingerprint density at radius 1 is 1.13 bits per heavy atom. The highest BCUT2D eigenvalue weighted by Gasteiger charge is 2.14. The zero-order valence-electron chi connectivity index (χ0n) is 16.1. The highest BCUT2D eigenvalue weighted by atomic mass is 79.9. The average Bonchev–Trinajstić information content (AvgIpc) is 3.08. The third-order valence-electron chi connectivity index (χ3n) is 4.69. The van der Waals surface area contributed by atoms with Crippen molar-refractivity contribution in [1.29, 1.82) is 0 Å². The molecule has 0 saturated carbocycles. The Hall–Kier alpha value is -2.35. The van der Waals surface area contributed by atoms with Crippen molar-refractivity contribution in [3.8, 4) is 0 Å². The molecule has 0 unspecified atom stereocenters. The van der Waals surface area contributed by atoms with E-state index in [-0.39, 0.29) is 11.7 Å². The van der Waals surface area contributed by atoms with Gasteiger partial charge in [0.2, 0.25) is 5.91 Å². The number of carbonyl (C=O) groups is 1. The number of aromatic nitrogens is 3. The summed E-state index contributed by atoms with van der Waals surface area (Å²) in [6, 6.07) is 19.9. The van der Waals surface area contributed by atoms with Crippen molar-refractivity contribution in [3.05, 3.63) is 81.5 Å². The fourth-order valence-corrected chi connectivity index (χ4v) is 4.60. The summed E-state index contributed by atoms with van der Waals surface area (Å²) in [6.07, 6.45) is 0.673. The monoisotopic (exact) mass is 500 g/mol. The highest BCUT2D eigenvalue weighted by Crippen LogP contribution is 2.26. The predicted octanol–water partition coefficient (Wildman–Crippen LogP) is 5.71. The Bertz CT molecular complexity index is 1220. The number of halogens is 2. The van der Waals surface area contributed by atoms with E-state index in [1.165, 1.54) is 28.1 Å². The van der Waals surface area contributed by atoms with Gasteiger partial charge in [0, 0.05) is 17.9 Å². The van der Waals surface area contributed by atoms with Crippen LogP contribution in [0.5, 0.6) is 0 Å². The number of rotatable bonds is 6. The molecule has 152 valence electrons. The lowest BCUT2D eigenvalue weighted by atomic mass is 10.0. The summed E-state index contributed by atoms with van der Waals surface area (Å²) in [6.45, 7) is 0. The molecular formula is C22H18BrClN4OS. The van der Waals surface area contributed by atoms with Gasteiger partial charge in [-0.25, -0.2) is 0 Å². The molecule has 0 aliphatic rings. The summed E-state index contributed by atoms with van der Waals surface area (Å²) in [4.78, 5) is 12.3. The van der Waals surface area contributed by atoms with Gasteiger partial charge in [0.1, 0.15) is 5.82 Å². The highest BCUT2D eigenvalue weighted by molar-refractivity contribution is 9.10. The van der Waals surface area contributed by atoms with Crippen LogP contribution in [-0.2, 0) is 18.3 Å². The Kier molecular flexibility index (Phi) is 6.41. The number of nitrogens with zero attached hydrogens (tertiary/aromatic N) is 3. The molecule has 30 heavy (non-hydrogen) atoms. The van der Waals surface area contributed by atoms with Crippen LogP contribution in [-0.4, -0.2) is 26.4 Å². The number of nitrogens with one attached hydrogen (secondary N) is 1. The number of benzene rings is 3. The van der Waals surface area contributed by atoms with Gasteiger partial charge in [0.15, 0.2) is 5.16 Å². The molecule has 1 N–H and O–H groups in total. The van der Waals surface area contributed by atoms with Gasteiger partial charge in [-0.1, -0.05) is 81.8 Å². The lowest BCUT2D eigenvalue weighted by molar-refractivity contribution is -0.113. The molecule has 0 atom stereocenters. The van der Waals surface area contributed by atoms with E-state index in [0.29, 0.717) is 22.3 Å². The first-order chi connectivity index (χ1) is 14.5. The van der Waals surface area contributed by atoms with Crippen LogP contribution >= 0.6 is 39.3 Å². The van der Waals surface area contributed by atoms with E-state index >= 15 is 0 Å². The second-order valence-corrected chi connectivity index (χ2v) is 9.00. The molecule has 0 fully saturated rings. The molecule has 8 heteroatoms. The predicted molar refractivity (Wildman–Crippen MR) is 126 cm³/mol. The molecule has 0 spiro atoms. The van der Waals surface area contributed by atoms with Crippen LogP contribution in [0.4, 0.5) is 5.69 Å². The summed E-state index contributed by atoms with van der Waals surface area (Å²) in [5.41, 5.74) is 1.78. The van der Waals surface area contributed by atoms with E-state index in [1.54, 1.807) is 12.1 Å². The molecular weight excluding hydrogens is 484 g/mol. The van der Waals surface area contributed by atoms with Gasteiger partial charge < -0.3 is 9.88 Å². The van der Waals surface area contributed by atoms with Crippen LogP contribution in [0.15, 0.2) is 70.3 Å². The summed E-state index contributed by atoms with van der Waals surface area (Å²) >= 11 is 10.9. The van der Waals surface area contributed by atoms with Crippen molar-refractivity contribution >= 4 is 61.7 Å². The molecule has 0 saturated heterocycles. The molecule has 4 aromatic rings. The topological polar surface area (TPSA) is 59.8 Å². The first-order valence-electron chi connectivity index (χ1n) is 9.24. The molecule has 0 radical (unpaired) electrons. The maximum absolute atomic E-state index is 12.3. The quantitative estimate of drug-likeness (QED) is 0.344. The normalized spacial score (nSPS) is 11.0. The minimum atomic E-state index is -0.150. The van der Waals surface area contributed by atoms with Crippen molar-refractivity contribution in [2.24, 2.45) is 7.05 Å². The standard InChI is InChI=1S/C22H18BrClN4OS/c1-28-20(11-15-7-4-6-14-5-2-3-8-17(14)15)26-27-22(28)30-13-21(29)25-19-10-9-16(23)12-18(19)24/h2-10,12H,11,13H2,1H3,(H,25,29). The number of hydrogen-bond donors (Lipinski definition) is 1. The fraction of sp³-hybridized carbons (Fsp3) is 0.136. The number of thioether (sulfide) groups is 1. The van der Waals surface area contributed by atoms with E-state index < -0.39 is 0 Å². The van der Waals surface area contributed by atoms with Crippen molar-refractivity contribution < 1.29 is 4.79 Å². The largest absolute Gasteiger partial charge is 0.324 e. The molecule has 0 aliphatic heterocycles. The molecule has 5 nitrogen and oxygen atoms in total. The van der Waals surface area contributed by atoms with Gasteiger partial charge in [-0.2, -0.15) is 0 Å². The third kappa shape index (κ3) is 4.69.